The van der Waals surface area contributed by atoms with Crippen LogP contribution in [0.3, 0.4) is 0 Å². The zero-order valence-corrected chi connectivity index (χ0v) is 10.2. The van der Waals surface area contributed by atoms with Crippen molar-refractivity contribution in [1.29, 1.82) is 0 Å². The maximum Gasteiger partial charge on any atom is 0.325 e. The van der Waals surface area contributed by atoms with E-state index in [1.165, 1.54) is 19.1 Å². The SMILES string of the molecule is CC(NC(=O)C1CC1c1cccc(F)c1F)C(=O)O. The molecular formula is C13H13F2NO3. The zero-order chi connectivity index (χ0) is 14.2. The maximum absolute atomic E-state index is 13.5. The third kappa shape index (κ3) is 2.72. The number of hydrogen-bond acceptors (Lipinski definition) is 2. The highest BCUT2D eigenvalue weighted by Gasteiger charge is 2.46. The average Bonchev–Trinajstić information content (AvgIpc) is 3.12. The van der Waals surface area contributed by atoms with Gasteiger partial charge >= 0.3 is 5.97 Å². The summed E-state index contributed by atoms with van der Waals surface area (Å²) in [6.07, 6.45) is 0.401. The van der Waals surface area contributed by atoms with Crippen LogP contribution in [0.25, 0.3) is 0 Å². The number of carbonyl (C=O) groups excluding carboxylic acids is 1. The molecule has 2 rings (SSSR count). The summed E-state index contributed by atoms with van der Waals surface area (Å²) in [5.41, 5.74) is 0.170. The smallest absolute Gasteiger partial charge is 0.325 e. The molecular weight excluding hydrogens is 256 g/mol. The molecule has 1 amide bonds. The molecule has 0 aliphatic heterocycles. The Labute approximate surface area is 108 Å². The Kier molecular flexibility index (Phi) is 3.50. The molecule has 4 nitrogen and oxygen atoms in total. The molecule has 0 radical (unpaired) electrons. The third-order valence-electron chi connectivity index (χ3n) is 3.24. The van der Waals surface area contributed by atoms with Gasteiger partial charge in [0.15, 0.2) is 11.6 Å². The van der Waals surface area contributed by atoms with Crippen LogP contribution in [0.4, 0.5) is 8.78 Å². The van der Waals surface area contributed by atoms with Crippen molar-refractivity contribution in [1.82, 2.24) is 5.32 Å². The fourth-order valence-electron chi connectivity index (χ4n) is 2.02. The van der Waals surface area contributed by atoms with Gasteiger partial charge in [0.05, 0.1) is 0 Å². The number of amides is 1. The molecule has 0 heterocycles. The van der Waals surface area contributed by atoms with Gasteiger partial charge in [0.1, 0.15) is 6.04 Å². The lowest BCUT2D eigenvalue weighted by Crippen LogP contribution is -2.39. The van der Waals surface area contributed by atoms with Crippen LogP contribution in [0.15, 0.2) is 18.2 Å². The van der Waals surface area contributed by atoms with E-state index in [0.29, 0.717) is 6.42 Å². The number of carboxylic acids is 1. The minimum absolute atomic E-state index is 0.170. The van der Waals surface area contributed by atoms with Crippen molar-refractivity contribution < 1.29 is 23.5 Å². The molecule has 2 N–H and O–H groups in total. The third-order valence-corrected chi connectivity index (χ3v) is 3.24. The molecule has 3 unspecified atom stereocenters. The van der Waals surface area contributed by atoms with Crippen molar-refractivity contribution in [2.75, 3.05) is 0 Å². The van der Waals surface area contributed by atoms with Crippen LogP contribution in [-0.4, -0.2) is 23.0 Å². The molecule has 3 atom stereocenters. The first-order chi connectivity index (χ1) is 8.91. The summed E-state index contributed by atoms with van der Waals surface area (Å²) in [6, 6.07) is 2.85. The summed E-state index contributed by atoms with van der Waals surface area (Å²) in [6.45, 7) is 1.35. The van der Waals surface area contributed by atoms with Gasteiger partial charge in [-0.3, -0.25) is 9.59 Å². The highest BCUT2D eigenvalue weighted by atomic mass is 19.2. The lowest BCUT2D eigenvalue weighted by molar-refractivity contribution is -0.141. The molecule has 1 fully saturated rings. The first-order valence-corrected chi connectivity index (χ1v) is 5.89. The Morgan fingerprint density at radius 1 is 1.42 bits per heavy atom. The van der Waals surface area contributed by atoms with Crippen LogP contribution in [0, 0.1) is 17.6 Å². The minimum Gasteiger partial charge on any atom is -0.480 e. The van der Waals surface area contributed by atoms with Gasteiger partial charge in [-0.05, 0) is 30.9 Å². The fourth-order valence-corrected chi connectivity index (χ4v) is 2.02. The molecule has 0 spiro atoms. The second-order valence-electron chi connectivity index (χ2n) is 4.66. The molecule has 1 aromatic carbocycles. The summed E-state index contributed by atoms with van der Waals surface area (Å²) in [5, 5.41) is 11.0. The standard InChI is InChI=1S/C13H13F2NO3/c1-6(13(18)19)16-12(17)9-5-8(9)7-3-2-4-10(14)11(7)15/h2-4,6,8-9H,5H2,1H3,(H,16,17)(H,18,19). The summed E-state index contributed by atoms with van der Waals surface area (Å²) < 4.78 is 26.6. The monoisotopic (exact) mass is 269 g/mol. The molecule has 1 aliphatic carbocycles. The second-order valence-corrected chi connectivity index (χ2v) is 4.66. The van der Waals surface area contributed by atoms with Crippen molar-refractivity contribution in [3.05, 3.63) is 35.4 Å². The number of nitrogens with one attached hydrogen (secondary N) is 1. The van der Waals surface area contributed by atoms with Crippen LogP contribution in [0.1, 0.15) is 24.8 Å². The largest absolute Gasteiger partial charge is 0.480 e. The summed E-state index contributed by atoms with van der Waals surface area (Å²) in [4.78, 5) is 22.3. The van der Waals surface area contributed by atoms with Crippen LogP contribution in [0.5, 0.6) is 0 Å². The Morgan fingerprint density at radius 3 is 2.74 bits per heavy atom. The zero-order valence-electron chi connectivity index (χ0n) is 10.2. The molecule has 19 heavy (non-hydrogen) atoms. The van der Waals surface area contributed by atoms with Gasteiger partial charge in [0, 0.05) is 5.92 Å². The number of rotatable bonds is 4. The highest BCUT2D eigenvalue weighted by Crippen LogP contribution is 2.48. The fraction of sp³-hybridized carbons (Fsp3) is 0.385. The van der Waals surface area contributed by atoms with Crippen molar-refractivity contribution in [3.8, 4) is 0 Å². The molecule has 6 heteroatoms. The van der Waals surface area contributed by atoms with Gasteiger partial charge < -0.3 is 10.4 Å². The van der Waals surface area contributed by atoms with E-state index in [2.05, 4.69) is 5.32 Å². The minimum atomic E-state index is -1.14. The van der Waals surface area contributed by atoms with E-state index in [9.17, 15) is 18.4 Å². The quantitative estimate of drug-likeness (QED) is 0.873. The summed E-state index contributed by atoms with van der Waals surface area (Å²) >= 11 is 0. The predicted molar refractivity (Wildman–Crippen MR) is 62.4 cm³/mol. The number of halogens is 2. The van der Waals surface area contributed by atoms with Crippen molar-refractivity contribution in [2.45, 2.75) is 25.3 Å². The van der Waals surface area contributed by atoms with E-state index in [1.54, 1.807) is 0 Å². The van der Waals surface area contributed by atoms with Crippen LogP contribution in [0.2, 0.25) is 0 Å². The van der Waals surface area contributed by atoms with E-state index in [0.717, 1.165) is 6.07 Å². The molecule has 0 bridgehead atoms. The van der Waals surface area contributed by atoms with Gasteiger partial charge in [0.25, 0.3) is 0 Å². The van der Waals surface area contributed by atoms with Crippen LogP contribution in [-0.2, 0) is 9.59 Å². The number of benzene rings is 1. The Hall–Kier alpha value is -1.98. The summed E-state index contributed by atoms with van der Waals surface area (Å²) in [5.74, 6) is -4.32. The lowest BCUT2D eigenvalue weighted by atomic mass is 10.1. The molecule has 1 aromatic rings. The Balaban J connectivity index is 2.03. The molecule has 1 saturated carbocycles. The van der Waals surface area contributed by atoms with Gasteiger partial charge in [0.2, 0.25) is 5.91 Å². The van der Waals surface area contributed by atoms with Crippen molar-refractivity contribution in [2.24, 2.45) is 5.92 Å². The molecule has 0 aromatic heterocycles. The average molecular weight is 269 g/mol. The van der Waals surface area contributed by atoms with Crippen molar-refractivity contribution in [3.63, 3.8) is 0 Å². The van der Waals surface area contributed by atoms with Gasteiger partial charge in [-0.25, -0.2) is 8.78 Å². The van der Waals surface area contributed by atoms with E-state index in [4.69, 9.17) is 5.11 Å². The normalized spacial score (nSPS) is 22.7. The molecule has 0 saturated heterocycles. The van der Waals surface area contributed by atoms with Gasteiger partial charge in [-0.15, -0.1) is 0 Å². The van der Waals surface area contributed by atoms with Crippen LogP contribution < -0.4 is 5.32 Å². The maximum atomic E-state index is 13.5. The number of carboxylic acid groups (broad SMARTS) is 1. The first-order valence-electron chi connectivity index (χ1n) is 5.89. The Morgan fingerprint density at radius 2 is 2.11 bits per heavy atom. The predicted octanol–water partition coefficient (Wildman–Crippen LogP) is 1.66. The topological polar surface area (TPSA) is 66.4 Å². The van der Waals surface area contributed by atoms with E-state index < -0.39 is 35.5 Å². The van der Waals surface area contributed by atoms with E-state index in [1.807, 2.05) is 0 Å². The summed E-state index contributed by atoms with van der Waals surface area (Å²) in [7, 11) is 0. The number of hydrogen-bond donors (Lipinski definition) is 2. The number of carbonyl (C=O) groups is 2. The molecule has 1 aliphatic rings. The van der Waals surface area contributed by atoms with E-state index in [-0.39, 0.29) is 11.5 Å². The molecule has 102 valence electrons. The van der Waals surface area contributed by atoms with E-state index >= 15 is 0 Å². The number of aliphatic carboxylic acids is 1. The Bertz CT molecular complexity index is 533. The highest BCUT2D eigenvalue weighted by molar-refractivity contribution is 5.87. The van der Waals surface area contributed by atoms with Gasteiger partial charge in [-0.1, -0.05) is 12.1 Å². The first kappa shape index (κ1) is 13.5. The second kappa shape index (κ2) is 4.95. The lowest BCUT2D eigenvalue weighted by Gasteiger charge is -2.09. The van der Waals surface area contributed by atoms with Gasteiger partial charge in [-0.2, -0.15) is 0 Å². The van der Waals surface area contributed by atoms with Crippen molar-refractivity contribution >= 4 is 11.9 Å². The van der Waals surface area contributed by atoms with Crippen LogP contribution >= 0.6 is 0 Å².